The zero-order chi connectivity index (χ0) is 13.8. The Bertz CT molecular complexity index is 532. The first-order valence-corrected chi connectivity index (χ1v) is 8.54. The molecular formula is C18H23NS. The number of benzene rings is 1. The van der Waals surface area contributed by atoms with E-state index in [1.165, 1.54) is 37.0 Å². The highest BCUT2D eigenvalue weighted by Gasteiger charge is 2.26. The number of aryl methyl sites for hydroxylation is 2. The zero-order valence-electron chi connectivity index (χ0n) is 12.1. The molecule has 0 bridgehead atoms. The molecule has 1 aromatic heterocycles. The lowest BCUT2D eigenvalue weighted by atomic mass is 9.77. The topological polar surface area (TPSA) is 12.0 Å². The highest BCUT2D eigenvalue weighted by Crippen LogP contribution is 2.35. The molecule has 2 atom stereocenters. The summed E-state index contributed by atoms with van der Waals surface area (Å²) in [5.41, 5.74) is 3.16. The molecule has 1 aliphatic rings. The summed E-state index contributed by atoms with van der Waals surface area (Å²) in [7, 11) is 2.12. The van der Waals surface area contributed by atoms with Crippen LogP contribution in [0.15, 0.2) is 41.8 Å². The van der Waals surface area contributed by atoms with Crippen LogP contribution >= 0.6 is 11.3 Å². The Morgan fingerprint density at radius 3 is 2.95 bits per heavy atom. The van der Waals surface area contributed by atoms with Gasteiger partial charge in [0, 0.05) is 10.9 Å². The van der Waals surface area contributed by atoms with E-state index in [-0.39, 0.29) is 0 Å². The van der Waals surface area contributed by atoms with Crippen LogP contribution in [-0.2, 0) is 12.8 Å². The molecule has 1 nitrogen and oxygen atoms in total. The molecule has 2 heteroatoms. The van der Waals surface area contributed by atoms with E-state index >= 15 is 0 Å². The van der Waals surface area contributed by atoms with Crippen molar-refractivity contribution in [1.29, 1.82) is 0 Å². The third kappa shape index (κ3) is 2.97. The van der Waals surface area contributed by atoms with Gasteiger partial charge >= 0.3 is 0 Å². The zero-order valence-corrected chi connectivity index (χ0v) is 13.0. The Balaban J connectivity index is 1.73. The number of thiophene rings is 1. The molecule has 2 unspecified atom stereocenters. The normalized spacial score (nSPS) is 19.6. The van der Waals surface area contributed by atoms with Crippen molar-refractivity contribution in [1.82, 2.24) is 5.32 Å². The van der Waals surface area contributed by atoms with Crippen molar-refractivity contribution in [3.05, 3.63) is 57.8 Å². The van der Waals surface area contributed by atoms with Crippen molar-refractivity contribution in [3.63, 3.8) is 0 Å². The molecule has 0 spiro atoms. The van der Waals surface area contributed by atoms with Crippen LogP contribution < -0.4 is 5.32 Å². The van der Waals surface area contributed by atoms with E-state index in [9.17, 15) is 0 Å². The number of fused-ring (bicyclic) bond motifs is 1. The lowest BCUT2D eigenvalue weighted by molar-refractivity contribution is 0.394. The minimum Gasteiger partial charge on any atom is -0.316 e. The predicted octanol–water partition coefficient (Wildman–Crippen LogP) is 4.39. The highest BCUT2D eigenvalue weighted by molar-refractivity contribution is 7.09. The van der Waals surface area contributed by atoms with Gasteiger partial charge in [0.1, 0.15) is 0 Å². The van der Waals surface area contributed by atoms with Gasteiger partial charge in [0.2, 0.25) is 0 Å². The monoisotopic (exact) mass is 285 g/mol. The summed E-state index contributed by atoms with van der Waals surface area (Å²) in [6, 6.07) is 14.0. The molecule has 1 N–H and O–H groups in total. The third-order valence-electron chi connectivity index (χ3n) is 4.55. The van der Waals surface area contributed by atoms with E-state index in [2.05, 4.69) is 54.1 Å². The van der Waals surface area contributed by atoms with E-state index in [1.54, 1.807) is 11.1 Å². The van der Waals surface area contributed by atoms with Crippen LogP contribution in [0.3, 0.4) is 0 Å². The molecule has 1 aliphatic carbocycles. The third-order valence-corrected chi connectivity index (χ3v) is 5.49. The predicted molar refractivity (Wildman–Crippen MR) is 87.6 cm³/mol. The van der Waals surface area contributed by atoms with Crippen LogP contribution in [0.2, 0.25) is 0 Å². The second kappa shape index (κ2) is 6.55. The molecule has 0 fully saturated rings. The minimum absolute atomic E-state index is 0.596. The fourth-order valence-electron chi connectivity index (χ4n) is 3.51. The van der Waals surface area contributed by atoms with Gasteiger partial charge in [0.05, 0.1) is 0 Å². The molecule has 0 saturated heterocycles. The van der Waals surface area contributed by atoms with E-state index in [0.717, 1.165) is 0 Å². The van der Waals surface area contributed by atoms with Crippen molar-refractivity contribution in [2.45, 2.75) is 44.1 Å². The highest BCUT2D eigenvalue weighted by atomic mass is 32.1. The molecule has 0 saturated carbocycles. The van der Waals surface area contributed by atoms with Crippen LogP contribution in [0.5, 0.6) is 0 Å². The fourth-order valence-corrected chi connectivity index (χ4v) is 4.23. The quantitative estimate of drug-likeness (QED) is 0.859. The summed E-state index contributed by atoms with van der Waals surface area (Å²) >= 11 is 1.88. The van der Waals surface area contributed by atoms with Gasteiger partial charge in [-0.15, -0.1) is 11.3 Å². The summed E-state index contributed by atoms with van der Waals surface area (Å²) < 4.78 is 0. The van der Waals surface area contributed by atoms with Crippen molar-refractivity contribution in [3.8, 4) is 0 Å². The molecule has 0 radical (unpaired) electrons. The molecule has 0 aliphatic heterocycles. The SMILES string of the molecule is CNC(CCc1cccs1)C1CCCc2ccccc21. The first-order valence-electron chi connectivity index (χ1n) is 7.66. The first-order chi connectivity index (χ1) is 9.88. The Morgan fingerprint density at radius 1 is 1.25 bits per heavy atom. The molecular weight excluding hydrogens is 262 g/mol. The summed E-state index contributed by atoms with van der Waals surface area (Å²) in [6.45, 7) is 0. The largest absolute Gasteiger partial charge is 0.316 e. The molecule has 0 amide bonds. The van der Waals surface area contributed by atoms with Gasteiger partial charge in [-0.2, -0.15) is 0 Å². The van der Waals surface area contributed by atoms with E-state index in [1.807, 2.05) is 11.3 Å². The van der Waals surface area contributed by atoms with Crippen molar-refractivity contribution in [2.24, 2.45) is 0 Å². The van der Waals surface area contributed by atoms with Gasteiger partial charge in [0.15, 0.2) is 0 Å². The van der Waals surface area contributed by atoms with Crippen molar-refractivity contribution >= 4 is 11.3 Å². The fraction of sp³-hybridized carbons (Fsp3) is 0.444. The average molecular weight is 285 g/mol. The Kier molecular flexibility index (Phi) is 4.54. The average Bonchev–Trinajstić information content (AvgIpc) is 3.01. The Hall–Kier alpha value is -1.12. The number of hydrogen-bond acceptors (Lipinski definition) is 2. The number of hydrogen-bond donors (Lipinski definition) is 1. The van der Waals surface area contributed by atoms with Gasteiger partial charge in [0.25, 0.3) is 0 Å². The maximum Gasteiger partial charge on any atom is 0.0136 e. The van der Waals surface area contributed by atoms with Crippen molar-refractivity contribution < 1.29 is 0 Å². The van der Waals surface area contributed by atoms with Crippen LogP contribution in [0.4, 0.5) is 0 Å². The van der Waals surface area contributed by atoms with Gasteiger partial charge in [-0.3, -0.25) is 0 Å². The number of likely N-dealkylation sites (N-methyl/N-ethyl adjacent to an activating group) is 1. The van der Waals surface area contributed by atoms with Gasteiger partial charge in [-0.25, -0.2) is 0 Å². The van der Waals surface area contributed by atoms with Crippen LogP contribution in [0.1, 0.15) is 41.2 Å². The molecule has 3 rings (SSSR count). The summed E-state index contributed by atoms with van der Waals surface area (Å²) in [4.78, 5) is 1.51. The summed E-state index contributed by atoms with van der Waals surface area (Å²) in [5, 5.41) is 5.76. The Morgan fingerprint density at radius 2 is 2.15 bits per heavy atom. The number of rotatable bonds is 5. The maximum absolute atomic E-state index is 3.58. The molecule has 1 aromatic carbocycles. The second-order valence-electron chi connectivity index (χ2n) is 5.71. The van der Waals surface area contributed by atoms with Gasteiger partial charge < -0.3 is 5.32 Å². The lowest BCUT2D eigenvalue weighted by Gasteiger charge is -2.32. The summed E-state index contributed by atoms with van der Waals surface area (Å²) in [5.74, 6) is 0.685. The number of nitrogens with one attached hydrogen (secondary N) is 1. The molecule has 20 heavy (non-hydrogen) atoms. The standard InChI is InChI=1S/C18H23NS/c1-19-18(12-11-15-8-5-13-20-15)17-10-4-7-14-6-2-3-9-16(14)17/h2-3,5-6,8-9,13,17-19H,4,7,10-12H2,1H3. The van der Waals surface area contributed by atoms with E-state index < -0.39 is 0 Å². The molecule has 1 heterocycles. The van der Waals surface area contributed by atoms with Crippen molar-refractivity contribution in [2.75, 3.05) is 7.05 Å². The first kappa shape index (κ1) is 13.8. The summed E-state index contributed by atoms with van der Waals surface area (Å²) in [6.07, 6.45) is 6.34. The smallest absolute Gasteiger partial charge is 0.0136 e. The lowest BCUT2D eigenvalue weighted by Crippen LogP contribution is -2.34. The van der Waals surface area contributed by atoms with E-state index in [0.29, 0.717) is 12.0 Å². The minimum atomic E-state index is 0.596. The van der Waals surface area contributed by atoms with Gasteiger partial charge in [-0.05, 0) is 67.6 Å². The maximum atomic E-state index is 3.58. The van der Waals surface area contributed by atoms with Crippen LogP contribution in [0.25, 0.3) is 0 Å². The molecule has 106 valence electrons. The van der Waals surface area contributed by atoms with Crippen LogP contribution in [0, 0.1) is 0 Å². The van der Waals surface area contributed by atoms with E-state index in [4.69, 9.17) is 0 Å². The van der Waals surface area contributed by atoms with Crippen LogP contribution in [-0.4, -0.2) is 13.1 Å². The second-order valence-corrected chi connectivity index (χ2v) is 6.74. The Labute approximate surface area is 126 Å². The van der Waals surface area contributed by atoms with Gasteiger partial charge in [-0.1, -0.05) is 30.3 Å². The molecule has 2 aromatic rings.